The zero-order valence-corrected chi connectivity index (χ0v) is 22.1. The van der Waals surface area contributed by atoms with E-state index in [0.29, 0.717) is 74.0 Å². The van der Waals surface area contributed by atoms with Crippen molar-refractivity contribution in [3.63, 3.8) is 0 Å². The number of hydroxylamine groups is 1. The van der Waals surface area contributed by atoms with E-state index in [9.17, 15) is 36.4 Å². The molecular weight excluding hydrogens is 527 g/mol. The van der Waals surface area contributed by atoms with Crippen LogP contribution in [0.15, 0.2) is 0 Å². The van der Waals surface area contributed by atoms with Gasteiger partial charge in [0, 0.05) is 0 Å². The largest absolute Gasteiger partial charge is 0.513 e. The molecule has 214 valence electrons. The Bertz CT molecular complexity index is 1020. The topological polar surface area (TPSA) is 110 Å². The van der Waals surface area contributed by atoms with Crippen LogP contribution in [0.3, 0.4) is 0 Å². The van der Waals surface area contributed by atoms with Gasteiger partial charge in [0.15, 0.2) is 6.10 Å². The van der Waals surface area contributed by atoms with Crippen LogP contribution in [0.1, 0.15) is 77.0 Å². The lowest BCUT2D eigenvalue weighted by atomic mass is 9.49. The minimum absolute atomic E-state index is 0.404. The molecule has 8 aliphatic rings. The Balaban J connectivity index is 1.17. The second-order valence-electron chi connectivity index (χ2n) is 13.5. The molecule has 0 amide bonds. The molecule has 0 heterocycles. The first-order valence-electron chi connectivity index (χ1n) is 13.9. The Morgan fingerprint density at radius 3 is 1.53 bits per heavy atom. The minimum Gasteiger partial charge on any atom is -0.461 e. The van der Waals surface area contributed by atoms with Gasteiger partial charge in [-0.05, 0) is 113 Å². The van der Waals surface area contributed by atoms with E-state index >= 15 is 0 Å². The third-order valence-electron chi connectivity index (χ3n) is 10.5. The van der Waals surface area contributed by atoms with E-state index < -0.39 is 62.0 Å². The number of rotatable bonds is 8. The number of nitrogens with zero attached hydrogens (tertiary/aromatic N) is 1. The number of carbonyl (C=O) groups excluding carboxylic acids is 2. The number of halogens is 3. The molecule has 8 bridgehead atoms. The molecule has 0 radical (unpaired) electrons. The third-order valence-corrected chi connectivity index (χ3v) is 11.8. The van der Waals surface area contributed by atoms with Crippen LogP contribution in [0.2, 0.25) is 0 Å². The van der Waals surface area contributed by atoms with Crippen LogP contribution >= 0.6 is 0 Å². The maximum Gasteiger partial charge on any atom is 0.513 e. The van der Waals surface area contributed by atoms with Crippen LogP contribution in [-0.4, -0.2) is 54.8 Å². The van der Waals surface area contributed by atoms with Gasteiger partial charge in [-0.15, -0.1) is 0 Å². The summed E-state index contributed by atoms with van der Waals surface area (Å²) in [5, 5.41) is 9.92. The van der Waals surface area contributed by atoms with Gasteiger partial charge in [-0.2, -0.15) is 13.2 Å². The Morgan fingerprint density at radius 1 is 0.789 bits per heavy atom. The van der Waals surface area contributed by atoms with Gasteiger partial charge in [-0.3, -0.25) is 14.8 Å². The normalized spacial score (nSPS) is 41.9. The fourth-order valence-corrected chi connectivity index (χ4v) is 10.4. The van der Waals surface area contributed by atoms with Gasteiger partial charge >= 0.3 is 27.5 Å². The Kier molecular flexibility index (Phi) is 6.39. The van der Waals surface area contributed by atoms with Crippen molar-refractivity contribution in [2.24, 2.45) is 46.3 Å². The van der Waals surface area contributed by atoms with E-state index in [2.05, 4.69) is 0 Å². The average Bonchev–Trinajstić information content (AvgIpc) is 2.79. The monoisotopic (exact) mass is 563 g/mol. The molecule has 1 N–H and O–H groups in total. The van der Waals surface area contributed by atoms with Crippen LogP contribution < -0.4 is 0 Å². The van der Waals surface area contributed by atoms with E-state index in [4.69, 9.17) is 9.47 Å². The first-order chi connectivity index (χ1) is 17.8. The summed E-state index contributed by atoms with van der Waals surface area (Å²) in [6, 6.07) is 0. The van der Waals surface area contributed by atoms with Gasteiger partial charge in [-0.1, -0.05) is 4.47 Å². The summed E-state index contributed by atoms with van der Waals surface area (Å²) < 4.78 is 73.1. The highest BCUT2D eigenvalue weighted by Crippen LogP contribution is 2.61. The van der Waals surface area contributed by atoms with Gasteiger partial charge in [0.1, 0.15) is 6.61 Å². The SMILES string of the molecule is O=C(OCC(CN(O)S(=O)(=O)C(F)(F)F)OC(=O)C12CC3CC(CC(C3)C1)C2)C12CC3CC(CC(C3)C1)C2. The molecule has 38 heavy (non-hydrogen) atoms. The predicted molar refractivity (Wildman–Crippen MR) is 126 cm³/mol. The third kappa shape index (κ3) is 4.56. The quantitative estimate of drug-likeness (QED) is 0.344. The molecule has 8 aliphatic carbocycles. The summed E-state index contributed by atoms with van der Waals surface area (Å²) in [6.07, 6.45) is 9.00. The Morgan fingerprint density at radius 2 is 1.16 bits per heavy atom. The van der Waals surface area contributed by atoms with Gasteiger partial charge in [0.25, 0.3) is 0 Å². The van der Waals surface area contributed by atoms with E-state index in [1.165, 1.54) is 0 Å². The molecule has 0 spiro atoms. The second-order valence-corrected chi connectivity index (χ2v) is 15.3. The van der Waals surface area contributed by atoms with Gasteiger partial charge in [0.2, 0.25) is 0 Å². The van der Waals surface area contributed by atoms with E-state index in [1.807, 2.05) is 0 Å². The zero-order chi connectivity index (χ0) is 27.1. The molecule has 8 saturated carbocycles. The summed E-state index contributed by atoms with van der Waals surface area (Å²) in [4.78, 5) is 26.8. The Hall–Kier alpha value is -1.40. The van der Waals surface area contributed by atoms with Crippen molar-refractivity contribution in [2.75, 3.05) is 13.2 Å². The van der Waals surface area contributed by atoms with Crippen LogP contribution in [0.5, 0.6) is 0 Å². The van der Waals surface area contributed by atoms with Crippen molar-refractivity contribution in [3.8, 4) is 0 Å². The summed E-state index contributed by atoms with van der Waals surface area (Å²) >= 11 is 0. The number of alkyl halides is 3. The molecule has 8 nitrogen and oxygen atoms in total. The van der Waals surface area contributed by atoms with Crippen LogP contribution in [0.25, 0.3) is 0 Å². The highest BCUT2D eigenvalue weighted by Gasteiger charge is 2.58. The van der Waals surface area contributed by atoms with Crippen molar-refractivity contribution < 1.29 is 45.9 Å². The number of sulfonamides is 1. The summed E-state index contributed by atoms with van der Waals surface area (Å²) in [6.45, 7) is -1.78. The molecule has 12 heteroatoms. The smallest absolute Gasteiger partial charge is 0.461 e. The van der Waals surface area contributed by atoms with Crippen molar-refractivity contribution in [3.05, 3.63) is 0 Å². The van der Waals surface area contributed by atoms with E-state index in [-0.39, 0.29) is 0 Å². The number of ether oxygens (including phenoxy) is 2. The molecule has 0 aromatic carbocycles. The molecule has 8 rings (SSSR count). The molecule has 0 saturated heterocycles. The first-order valence-corrected chi connectivity index (χ1v) is 15.4. The number of hydrogen-bond acceptors (Lipinski definition) is 7. The summed E-state index contributed by atoms with van der Waals surface area (Å²) in [7, 11) is -6.07. The first kappa shape index (κ1) is 26.8. The molecule has 1 atom stereocenters. The second kappa shape index (κ2) is 9.06. The van der Waals surface area contributed by atoms with Crippen molar-refractivity contribution in [1.82, 2.24) is 4.47 Å². The highest BCUT2D eigenvalue weighted by molar-refractivity contribution is 7.89. The van der Waals surface area contributed by atoms with Gasteiger partial charge in [0.05, 0.1) is 17.4 Å². The molecule has 0 aromatic heterocycles. The zero-order valence-electron chi connectivity index (χ0n) is 21.3. The Labute approximate surface area is 220 Å². The van der Waals surface area contributed by atoms with Crippen LogP contribution in [0.4, 0.5) is 13.2 Å². The van der Waals surface area contributed by atoms with E-state index in [0.717, 1.165) is 38.5 Å². The average molecular weight is 564 g/mol. The van der Waals surface area contributed by atoms with Crippen molar-refractivity contribution in [1.29, 1.82) is 0 Å². The molecular formula is C26H36F3NO7S. The van der Waals surface area contributed by atoms with Crippen LogP contribution in [-0.2, 0) is 29.1 Å². The predicted octanol–water partition coefficient (Wildman–Crippen LogP) is 4.42. The highest BCUT2D eigenvalue weighted by atomic mass is 32.2. The standard InChI is InChI=1S/C26H36F3NO7S/c27-26(28,29)38(34,35)30(33)13-21(37-23(32)25-10-18-4-19(11-25)6-20(5-18)12-25)14-36-22(31)24-7-15-1-16(8-24)3-17(2-15)9-24/h15-21,33H,1-14H2. The summed E-state index contributed by atoms with van der Waals surface area (Å²) in [5.74, 6) is 1.54. The maximum atomic E-state index is 13.5. The van der Waals surface area contributed by atoms with Crippen LogP contribution in [0, 0.1) is 46.3 Å². The van der Waals surface area contributed by atoms with E-state index in [1.54, 1.807) is 0 Å². The van der Waals surface area contributed by atoms with Gasteiger partial charge in [-0.25, -0.2) is 8.42 Å². The maximum absolute atomic E-state index is 13.5. The fraction of sp³-hybridized carbons (Fsp3) is 0.923. The molecule has 0 aromatic rings. The molecule has 1 unspecified atom stereocenters. The minimum atomic E-state index is -6.07. The fourth-order valence-electron chi connectivity index (χ4n) is 9.84. The van der Waals surface area contributed by atoms with Gasteiger partial charge < -0.3 is 9.47 Å². The van der Waals surface area contributed by atoms with Crippen molar-refractivity contribution in [2.45, 2.75) is 88.7 Å². The number of esters is 2. The number of hydrogen-bond donors (Lipinski definition) is 1. The lowest BCUT2D eigenvalue weighted by molar-refractivity contribution is -0.190. The lowest BCUT2D eigenvalue weighted by Gasteiger charge is -2.55. The van der Waals surface area contributed by atoms with Crippen molar-refractivity contribution >= 4 is 22.0 Å². The summed E-state index contributed by atoms with van der Waals surface area (Å²) in [5.41, 5.74) is -7.12. The number of carbonyl (C=O) groups is 2. The molecule has 0 aliphatic heterocycles. The molecule has 8 fully saturated rings. The lowest BCUT2D eigenvalue weighted by Crippen LogP contribution is -2.53.